The third-order valence-electron chi connectivity index (χ3n) is 2.38. The number of aromatic nitrogens is 2. The van der Waals surface area contributed by atoms with Crippen molar-refractivity contribution in [3.05, 3.63) is 36.8 Å². The number of anilines is 1. The van der Waals surface area contributed by atoms with E-state index in [4.69, 9.17) is 5.73 Å². The van der Waals surface area contributed by atoms with Gasteiger partial charge in [0.25, 0.3) is 0 Å². The number of nitrogens with one attached hydrogen (secondary N) is 2. The molecule has 17 heavy (non-hydrogen) atoms. The summed E-state index contributed by atoms with van der Waals surface area (Å²) >= 11 is 0. The van der Waals surface area contributed by atoms with Crippen LogP contribution in [0.1, 0.15) is 6.92 Å². The molecular weight excluding hydrogens is 216 g/mol. The largest absolute Gasteiger partial charge is 0.345 e. The molecule has 5 nitrogen and oxygen atoms in total. The first-order valence-corrected chi connectivity index (χ1v) is 5.32. The molecule has 88 valence electrons. The van der Waals surface area contributed by atoms with Crippen molar-refractivity contribution in [3.8, 4) is 11.3 Å². The summed E-state index contributed by atoms with van der Waals surface area (Å²) in [6.07, 6.45) is 3.37. The highest BCUT2D eigenvalue weighted by Gasteiger charge is 2.07. The Hall–Kier alpha value is -2.14. The van der Waals surface area contributed by atoms with Crippen LogP contribution in [0, 0.1) is 0 Å². The van der Waals surface area contributed by atoms with Gasteiger partial charge in [0.2, 0.25) is 5.91 Å². The zero-order valence-electron chi connectivity index (χ0n) is 9.47. The fraction of sp³-hybridized carbons (Fsp3) is 0.167. The molecular formula is C12H14N4O. The standard InChI is InChI=1S/C12H14N4O/c1-8(13)12(17)16-10-4-2-9(3-5-10)11-6-14-7-15-11/h2-8H,13H2,1H3,(H,14,15)(H,16,17)/t8-/m1/s1. The second kappa shape index (κ2) is 4.80. The van der Waals surface area contributed by atoms with Crippen LogP contribution in [0.25, 0.3) is 11.3 Å². The number of carbonyl (C=O) groups is 1. The topological polar surface area (TPSA) is 83.8 Å². The highest BCUT2D eigenvalue weighted by Crippen LogP contribution is 2.18. The van der Waals surface area contributed by atoms with E-state index in [9.17, 15) is 4.79 Å². The minimum Gasteiger partial charge on any atom is -0.345 e. The average molecular weight is 230 g/mol. The lowest BCUT2D eigenvalue weighted by molar-refractivity contribution is -0.117. The third kappa shape index (κ3) is 2.70. The molecule has 0 radical (unpaired) electrons. The molecule has 0 spiro atoms. The van der Waals surface area contributed by atoms with Crippen LogP contribution < -0.4 is 11.1 Å². The smallest absolute Gasteiger partial charge is 0.240 e. The number of hydrogen-bond acceptors (Lipinski definition) is 3. The molecule has 0 aliphatic carbocycles. The van der Waals surface area contributed by atoms with Crippen molar-refractivity contribution in [2.75, 3.05) is 5.32 Å². The second-order valence-electron chi connectivity index (χ2n) is 3.82. The lowest BCUT2D eigenvalue weighted by atomic mass is 10.1. The molecule has 0 aliphatic heterocycles. The third-order valence-corrected chi connectivity index (χ3v) is 2.38. The fourth-order valence-electron chi connectivity index (χ4n) is 1.40. The SMILES string of the molecule is C[C@@H](N)C(=O)Nc1ccc(-c2cnc[nH]2)cc1. The first-order valence-electron chi connectivity index (χ1n) is 5.32. The molecule has 1 amide bonds. The number of H-pyrrole nitrogens is 1. The van der Waals surface area contributed by atoms with Gasteiger partial charge in [0, 0.05) is 5.69 Å². The summed E-state index contributed by atoms with van der Waals surface area (Å²) in [5.41, 5.74) is 8.15. The van der Waals surface area contributed by atoms with Gasteiger partial charge in [-0.05, 0) is 24.6 Å². The number of nitrogens with two attached hydrogens (primary N) is 1. The summed E-state index contributed by atoms with van der Waals surface area (Å²) < 4.78 is 0. The minimum absolute atomic E-state index is 0.195. The van der Waals surface area contributed by atoms with E-state index in [1.165, 1.54) is 0 Å². The fourth-order valence-corrected chi connectivity index (χ4v) is 1.40. The Kier molecular flexibility index (Phi) is 3.20. The highest BCUT2D eigenvalue weighted by atomic mass is 16.2. The van der Waals surface area contributed by atoms with Crippen LogP contribution >= 0.6 is 0 Å². The molecule has 0 saturated carbocycles. The van der Waals surface area contributed by atoms with Gasteiger partial charge in [0.1, 0.15) is 0 Å². The van der Waals surface area contributed by atoms with Gasteiger partial charge < -0.3 is 16.0 Å². The van der Waals surface area contributed by atoms with Gasteiger partial charge >= 0.3 is 0 Å². The molecule has 1 aromatic carbocycles. The lowest BCUT2D eigenvalue weighted by Crippen LogP contribution is -2.32. The molecule has 5 heteroatoms. The summed E-state index contributed by atoms with van der Waals surface area (Å²) in [5.74, 6) is -0.195. The summed E-state index contributed by atoms with van der Waals surface area (Å²) in [6.45, 7) is 1.65. The summed E-state index contributed by atoms with van der Waals surface area (Å²) in [5, 5.41) is 2.72. The predicted molar refractivity (Wildman–Crippen MR) is 66.3 cm³/mol. The zero-order valence-corrected chi connectivity index (χ0v) is 9.47. The summed E-state index contributed by atoms with van der Waals surface area (Å²) in [6, 6.07) is 6.96. The number of amides is 1. The normalized spacial score (nSPS) is 12.1. The molecule has 0 aliphatic rings. The number of imidazole rings is 1. The van der Waals surface area contributed by atoms with E-state index in [1.54, 1.807) is 19.4 Å². The van der Waals surface area contributed by atoms with Crippen molar-refractivity contribution in [1.82, 2.24) is 9.97 Å². The number of carbonyl (C=O) groups excluding carboxylic acids is 1. The van der Waals surface area contributed by atoms with Crippen molar-refractivity contribution in [2.24, 2.45) is 5.73 Å². The molecule has 1 heterocycles. The Morgan fingerprint density at radius 3 is 2.65 bits per heavy atom. The maximum Gasteiger partial charge on any atom is 0.240 e. The van der Waals surface area contributed by atoms with Crippen molar-refractivity contribution < 1.29 is 4.79 Å². The van der Waals surface area contributed by atoms with E-state index in [0.29, 0.717) is 0 Å². The first-order chi connectivity index (χ1) is 8.16. The van der Waals surface area contributed by atoms with Gasteiger partial charge in [-0.25, -0.2) is 4.98 Å². The Bertz CT molecular complexity index is 488. The highest BCUT2D eigenvalue weighted by molar-refractivity contribution is 5.94. The summed E-state index contributed by atoms with van der Waals surface area (Å²) in [4.78, 5) is 18.3. The molecule has 0 bridgehead atoms. The van der Waals surface area contributed by atoms with E-state index >= 15 is 0 Å². The van der Waals surface area contributed by atoms with E-state index < -0.39 is 6.04 Å². The molecule has 2 rings (SSSR count). The first kappa shape index (κ1) is 11.3. The maximum absolute atomic E-state index is 11.4. The number of benzene rings is 1. The number of aromatic amines is 1. The Labute approximate surface area is 99.1 Å². The van der Waals surface area contributed by atoms with Crippen LogP contribution in [-0.2, 0) is 4.79 Å². The van der Waals surface area contributed by atoms with Gasteiger partial charge in [-0.15, -0.1) is 0 Å². The molecule has 0 fully saturated rings. The monoisotopic (exact) mass is 230 g/mol. The quantitative estimate of drug-likeness (QED) is 0.744. The van der Waals surface area contributed by atoms with Crippen molar-refractivity contribution in [2.45, 2.75) is 13.0 Å². The second-order valence-corrected chi connectivity index (χ2v) is 3.82. The lowest BCUT2D eigenvalue weighted by Gasteiger charge is -2.08. The molecule has 0 unspecified atom stereocenters. The zero-order chi connectivity index (χ0) is 12.3. The number of rotatable bonds is 3. The Morgan fingerprint density at radius 1 is 1.41 bits per heavy atom. The summed E-state index contributed by atoms with van der Waals surface area (Å²) in [7, 11) is 0. The van der Waals surface area contributed by atoms with E-state index in [2.05, 4.69) is 15.3 Å². The van der Waals surface area contributed by atoms with Crippen molar-refractivity contribution >= 4 is 11.6 Å². The van der Waals surface area contributed by atoms with E-state index in [-0.39, 0.29) is 5.91 Å². The molecule has 4 N–H and O–H groups in total. The average Bonchev–Trinajstić information content (AvgIpc) is 2.83. The molecule has 1 atom stereocenters. The van der Waals surface area contributed by atoms with Crippen LogP contribution in [0.4, 0.5) is 5.69 Å². The van der Waals surface area contributed by atoms with Gasteiger partial charge in [0.05, 0.1) is 24.3 Å². The van der Waals surface area contributed by atoms with E-state index in [0.717, 1.165) is 16.9 Å². The Balaban J connectivity index is 2.11. The predicted octanol–water partition coefficient (Wildman–Crippen LogP) is 1.36. The molecule has 0 saturated heterocycles. The van der Waals surface area contributed by atoms with Crippen molar-refractivity contribution in [1.29, 1.82) is 0 Å². The van der Waals surface area contributed by atoms with Crippen LogP contribution in [0.5, 0.6) is 0 Å². The van der Waals surface area contributed by atoms with Crippen LogP contribution in [-0.4, -0.2) is 21.9 Å². The van der Waals surface area contributed by atoms with Crippen molar-refractivity contribution in [3.63, 3.8) is 0 Å². The van der Waals surface area contributed by atoms with Crippen LogP contribution in [0.2, 0.25) is 0 Å². The minimum atomic E-state index is -0.512. The maximum atomic E-state index is 11.4. The van der Waals surface area contributed by atoms with Crippen LogP contribution in [0.3, 0.4) is 0 Å². The van der Waals surface area contributed by atoms with Gasteiger partial charge in [-0.2, -0.15) is 0 Å². The molecule has 2 aromatic rings. The van der Waals surface area contributed by atoms with Crippen LogP contribution in [0.15, 0.2) is 36.8 Å². The Morgan fingerprint density at radius 2 is 2.12 bits per heavy atom. The van der Waals surface area contributed by atoms with E-state index in [1.807, 2.05) is 24.3 Å². The van der Waals surface area contributed by atoms with Gasteiger partial charge in [-0.3, -0.25) is 4.79 Å². The van der Waals surface area contributed by atoms with Gasteiger partial charge in [0.15, 0.2) is 0 Å². The molecule has 1 aromatic heterocycles. The van der Waals surface area contributed by atoms with Gasteiger partial charge in [-0.1, -0.05) is 12.1 Å². The number of nitrogens with zero attached hydrogens (tertiary/aromatic N) is 1. The number of hydrogen-bond donors (Lipinski definition) is 3.